The molecule has 0 aliphatic heterocycles. The fourth-order valence-corrected chi connectivity index (χ4v) is 3.06. The molecule has 1 aliphatic carbocycles. The van der Waals surface area contributed by atoms with Crippen molar-refractivity contribution in [1.29, 1.82) is 0 Å². The molecule has 21 heavy (non-hydrogen) atoms. The molecule has 4 nitrogen and oxygen atoms in total. The number of pyridine rings is 1. The van der Waals surface area contributed by atoms with Gasteiger partial charge in [0.1, 0.15) is 6.61 Å². The monoisotopic (exact) mass is 286 g/mol. The molecule has 4 heteroatoms. The minimum Gasteiger partial charge on any atom is -0.477 e. The van der Waals surface area contributed by atoms with Gasteiger partial charge in [0, 0.05) is 11.5 Å². The minimum atomic E-state index is -0.265. The second-order valence-electron chi connectivity index (χ2n) is 6.12. The highest BCUT2D eigenvalue weighted by Crippen LogP contribution is 2.26. The van der Waals surface area contributed by atoms with Crippen molar-refractivity contribution in [2.24, 2.45) is 5.73 Å². The molecule has 0 amide bonds. The van der Waals surface area contributed by atoms with E-state index in [9.17, 15) is 4.79 Å². The lowest BCUT2D eigenvalue weighted by Crippen LogP contribution is -2.45. The number of nitrogens with two attached hydrogens (primary N) is 1. The van der Waals surface area contributed by atoms with Crippen molar-refractivity contribution in [1.82, 2.24) is 4.98 Å². The summed E-state index contributed by atoms with van der Waals surface area (Å²) >= 11 is 0. The van der Waals surface area contributed by atoms with Crippen LogP contribution in [0.5, 0.6) is 5.88 Å². The zero-order chi connectivity index (χ0) is 14.7. The average Bonchev–Trinajstić information content (AvgIpc) is 2.71. The summed E-state index contributed by atoms with van der Waals surface area (Å²) in [6.07, 6.45) is 6.81. The van der Waals surface area contributed by atoms with E-state index in [0.717, 1.165) is 31.1 Å². The van der Waals surface area contributed by atoms with E-state index in [1.807, 2.05) is 30.3 Å². The van der Waals surface area contributed by atoms with Crippen molar-refractivity contribution in [2.75, 3.05) is 6.61 Å². The minimum absolute atomic E-state index is 0.116. The Hall–Kier alpha value is -1.81. The van der Waals surface area contributed by atoms with Gasteiger partial charge in [-0.3, -0.25) is 9.78 Å². The Morgan fingerprint density at radius 2 is 1.86 bits per heavy atom. The summed E-state index contributed by atoms with van der Waals surface area (Å²) in [6, 6.07) is 9.38. The Labute approximate surface area is 124 Å². The predicted molar refractivity (Wildman–Crippen MR) is 84.7 cm³/mol. The summed E-state index contributed by atoms with van der Waals surface area (Å²) in [6.45, 7) is 0.460. The molecule has 0 saturated heterocycles. The van der Waals surface area contributed by atoms with E-state index >= 15 is 0 Å². The maximum Gasteiger partial charge on any atom is 0.258 e. The Balaban J connectivity index is 1.77. The summed E-state index contributed by atoms with van der Waals surface area (Å²) in [5.41, 5.74) is 6.06. The van der Waals surface area contributed by atoms with Gasteiger partial charge in [-0.2, -0.15) is 0 Å². The molecule has 112 valence electrons. The summed E-state index contributed by atoms with van der Waals surface area (Å²) in [4.78, 5) is 14.8. The van der Waals surface area contributed by atoms with Crippen LogP contribution in [0.1, 0.15) is 38.5 Å². The topological polar surface area (TPSA) is 68.1 Å². The lowest BCUT2D eigenvalue weighted by atomic mass is 9.93. The number of H-pyrrole nitrogens is 1. The molecule has 3 rings (SSSR count). The van der Waals surface area contributed by atoms with Gasteiger partial charge in [0.05, 0.1) is 5.54 Å². The van der Waals surface area contributed by atoms with Crippen LogP contribution in [0.4, 0.5) is 0 Å². The Morgan fingerprint density at radius 3 is 2.62 bits per heavy atom. The highest BCUT2D eigenvalue weighted by atomic mass is 16.5. The molecule has 0 bridgehead atoms. The van der Waals surface area contributed by atoms with Crippen molar-refractivity contribution in [2.45, 2.75) is 44.1 Å². The van der Waals surface area contributed by atoms with Crippen LogP contribution >= 0.6 is 0 Å². The maximum atomic E-state index is 12.0. The van der Waals surface area contributed by atoms with Gasteiger partial charge in [-0.1, -0.05) is 43.9 Å². The summed E-state index contributed by atoms with van der Waals surface area (Å²) in [7, 11) is 0. The third kappa shape index (κ3) is 3.27. The molecule has 3 N–H and O–H groups in total. The SMILES string of the molecule is NC1(COc2cc3ccccc3c(=O)[nH]2)CCCCCC1. The van der Waals surface area contributed by atoms with E-state index in [-0.39, 0.29) is 11.1 Å². The normalized spacial score (nSPS) is 18.3. The molecular formula is C17H22N2O2. The molecule has 0 spiro atoms. The number of aromatic amines is 1. The number of nitrogens with one attached hydrogen (secondary N) is 1. The molecule has 1 aromatic carbocycles. The van der Waals surface area contributed by atoms with Gasteiger partial charge < -0.3 is 10.5 Å². The number of rotatable bonds is 3. The smallest absolute Gasteiger partial charge is 0.258 e. The standard InChI is InChI=1S/C17H22N2O2/c18-17(9-5-1-2-6-10-17)12-21-15-11-13-7-3-4-8-14(13)16(20)19-15/h3-4,7-8,11H,1-2,5-6,9-10,12,18H2,(H,19,20). The number of aromatic nitrogens is 1. The number of benzene rings is 1. The molecule has 0 radical (unpaired) electrons. The summed E-state index contributed by atoms with van der Waals surface area (Å²) in [5, 5.41) is 1.57. The summed E-state index contributed by atoms with van der Waals surface area (Å²) < 4.78 is 5.81. The first-order valence-electron chi connectivity index (χ1n) is 7.70. The Morgan fingerprint density at radius 1 is 1.14 bits per heavy atom. The van der Waals surface area contributed by atoms with Crippen molar-refractivity contribution in [3.63, 3.8) is 0 Å². The van der Waals surface area contributed by atoms with E-state index < -0.39 is 0 Å². The predicted octanol–water partition coefficient (Wildman–Crippen LogP) is 2.96. The van der Waals surface area contributed by atoms with Gasteiger partial charge in [0.15, 0.2) is 5.88 Å². The highest BCUT2D eigenvalue weighted by molar-refractivity contribution is 5.82. The molecule has 1 heterocycles. The molecular weight excluding hydrogens is 264 g/mol. The van der Waals surface area contributed by atoms with E-state index in [4.69, 9.17) is 10.5 Å². The second kappa shape index (κ2) is 5.90. The number of fused-ring (bicyclic) bond motifs is 1. The maximum absolute atomic E-state index is 12.0. The van der Waals surface area contributed by atoms with Gasteiger partial charge in [-0.15, -0.1) is 0 Å². The molecule has 1 saturated carbocycles. The quantitative estimate of drug-likeness (QED) is 0.852. The molecule has 1 aromatic heterocycles. The van der Waals surface area contributed by atoms with Gasteiger partial charge in [-0.25, -0.2) is 0 Å². The van der Waals surface area contributed by atoms with Crippen LogP contribution in [-0.2, 0) is 0 Å². The van der Waals surface area contributed by atoms with Crippen molar-refractivity contribution >= 4 is 10.8 Å². The van der Waals surface area contributed by atoms with Crippen LogP contribution in [0, 0.1) is 0 Å². The van der Waals surface area contributed by atoms with Gasteiger partial charge in [-0.05, 0) is 24.3 Å². The fourth-order valence-electron chi connectivity index (χ4n) is 3.06. The first-order valence-corrected chi connectivity index (χ1v) is 7.70. The van der Waals surface area contributed by atoms with Crippen LogP contribution in [0.25, 0.3) is 10.8 Å². The highest BCUT2D eigenvalue weighted by Gasteiger charge is 2.27. The largest absolute Gasteiger partial charge is 0.477 e. The lowest BCUT2D eigenvalue weighted by molar-refractivity contribution is 0.193. The van der Waals surface area contributed by atoms with E-state index in [0.29, 0.717) is 17.9 Å². The van der Waals surface area contributed by atoms with Gasteiger partial charge in [0.25, 0.3) is 5.56 Å². The van der Waals surface area contributed by atoms with Gasteiger partial charge in [0.2, 0.25) is 0 Å². The van der Waals surface area contributed by atoms with E-state index in [2.05, 4.69) is 4.98 Å². The van der Waals surface area contributed by atoms with Crippen LogP contribution in [-0.4, -0.2) is 17.1 Å². The molecule has 1 fully saturated rings. The number of hydrogen-bond donors (Lipinski definition) is 2. The zero-order valence-electron chi connectivity index (χ0n) is 12.2. The fraction of sp³-hybridized carbons (Fsp3) is 0.471. The Bertz CT molecular complexity index is 670. The van der Waals surface area contributed by atoms with Gasteiger partial charge >= 0.3 is 0 Å². The third-order valence-corrected chi connectivity index (χ3v) is 4.34. The molecule has 0 unspecified atom stereocenters. The number of hydrogen-bond acceptors (Lipinski definition) is 3. The average molecular weight is 286 g/mol. The number of ether oxygens (including phenoxy) is 1. The summed E-state index contributed by atoms with van der Waals surface area (Å²) in [5.74, 6) is 0.507. The molecule has 0 atom stereocenters. The first kappa shape index (κ1) is 14.1. The first-order chi connectivity index (χ1) is 10.2. The lowest BCUT2D eigenvalue weighted by Gasteiger charge is -2.27. The molecule has 1 aliphatic rings. The third-order valence-electron chi connectivity index (χ3n) is 4.34. The van der Waals surface area contributed by atoms with E-state index in [1.165, 1.54) is 12.8 Å². The van der Waals surface area contributed by atoms with Crippen LogP contribution in [0.3, 0.4) is 0 Å². The van der Waals surface area contributed by atoms with Crippen molar-refractivity contribution < 1.29 is 4.74 Å². The Kier molecular flexibility index (Phi) is 3.97. The van der Waals surface area contributed by atoms with Crippen LogP contribution in [0.15, 0.2) is 35.1 Å². The van der Waals surface area contributed by atoms with Crippen molar-refractivity contribution in [3.05, 3.63) is 40.7 Å². The zero-order valence-corrected chi connectivity index (χ0v) is 12.2. The van der Waals surface area contributed by atoms with E-state index in [1.54, 1.807) is 0 Å². The second-order valence-corrected chi connectivity index (χ2v) is 6.12. The molecule has 2 aromatic rings. The van der Waals surface area contributed by atoms with Crippen molar-refractivity contribution in [3.8, 4) is 5.88 Å². The van der Waals surface area contributed by atoms with Crippen LogP contribution in [0.2, 0.25) is 0 Å². The van der Waals surface area contributed by atoms with Crippen LogP contribution < -0.4 is 16.0 Å².